The number of methoxy groups -OCH3 is 1. The topological polar surface area (TPSA) is 66.9 Å². The van der Waals surface area contributed by atoms with Crippen LogP contribution in [0.15, 0.2) is 23.1 Å². The van der Waals surface area contributed by atoms with E-state index in [4.69, 9.17) is 4.74 Å². The number of nitrogens with zero attached hydrogens (tertiary/aromatic N) is 2. The highest BCUT2D eigenvalue weighted by molar-refractivity contribution is 7.89. The van der Waals surface area contributed by atoms with E-state index in [2.05, 4.69) is 4.90 Å². The van der Waals surface area contributed by atoms with Crippen molar-refractivity contribution in [3.05, 3.63) is 23.8 Å². The number of carbonyl (C=O) groups is 1. The molecule has 1 heterocycles. The summed E-state index contributed by atoms with van der Waals surface area (Å²) >= 11 is 0. The monoisotopic (exact) mass is 340 g/mol. The number of anilines is 1. The minimum atomic E-state index is -3.60. The van der Waals surface area contributed by atoms with Crippen LogP contribution in [-0.2, 0) is 14.8 Å². The van der Waals surface area contributed by atoms with Crippen LogP contribution in [0.25, 0.3) is 0 Å². The SMILES string of the molecule is CCN(CC)S(=O)(=O)c1ccc(N2CCCC2)c(C(=O)OC)c1. The first-order valence-corrected chi connectivity index (χ1v) is 9.37. The van der Waals surface area contributed by atoms with E-state index in [0.29, 0.717) is 18.7 Å². The van der Waals surface area contributed by atoms with E-state index in [0.717, 1.165) is 31.6 Å². The minimum absolute atomic E-state index is 0.129. The van der Waals surface area contributed by atoms with Crippen molar-refractivity contribution in [3.8, 4) is 0 Å². The summed E-state index contributed by atoms with van der Waals surface area (Å²) in [4.78, 5) is 14.3. The minimum Gasteiger partial charge on any atom is -0.465 e. The first kappa shape index (κ1) is 17.7. The predicted octanol–water partition coefficient (Wildman–Crippen LogP) is 2.10. The van der Waals surface area contributed by atoms with Gasteiger partial charge in [-0.3, -0.25) is 0 Å². The van der Waals surface area contributed by atoms with Crippen LogP contribution >= 0.6 is 0 Å². The summed E-state index contributed by atoms with van der Waals surface area (Å²) in [6.45, 7) is 6.10. The zero-order chi connectivity index (χ0) is 17.0. The Morgan fingerprint density at radius 2 is 1.83 bits per heavy atom. The van der Waals surface area contributed by atoms with Crippen LogP contribution in [0.3, 0.4) is 0 Å². The lowest BCUT2D eigenvalue weighted by Crippen LogP contribution is -2.31. The maximum absolute atomic E-state index is 12.7. The van der Waals surface area contributed by atoms with Gasteiger partial charge in [-0.1, -0.05) is 13.8 Å². The molecular weight excluding hydrogens is 316 g/mol. The van der Waals surface area contributed by atoms with Gasteiger partial charge in [0, 0.05) is 26.2 Å². The van der Waals surface area contributed by atoms with E-state index in [1.54, 1.807) is 26.0 Å². The van der Waals surface area contributed by atoms with Gasteiger partial charge in [0.2, 0.25) is 10.0 Å². The zero-order valence-corrected chi connectivity index (χ0v) is 14.7. The normalized spacial score (nSPS) is 15.2. The molecule has 0 spiro atoms. The van der Waals surface area contributed by atoms with Crippen LogP contribution in [0.1, 0.15) is 37.0 Å². The van der Waals surface area contributed by atoms with Crippen molar-refractivity contribution in [1.29, 1.82) is 0 Å². The standard InChI is InChI=1S/C16H24N2O4S/c1-4-18(5-2)23(20,21)13-8-9-15(17-10-6-7-11-17)14(12-13)16(19)22-3/h8-9,12H,4-7,10-11H2,1-3H3. The Bertz CT molecular complexity index is 663. The van der Waals surface area contributed by atoms with Gasteiger partial charge in [0.15, 0.2) is 0 Å². The Kier molecular flexibility index (Phi) is 5.64. The number of sulfonamides is 1. The summed E-state index contributed by atoms with van der Waals surface area (Å²) in [6, 6.07) is 4.73. The summed E-state index contributed by atoms with van der Waals surface area (Å²) in [5.41, 5.74) is 1.05. The molecule has 1 aliphatic rings. The molecule has 0 unspecified atom stereocenters. The van der Waals surface area contributed by atoms with Crippen LogP contribution in [0.2, 0.25) is 0 Å². The van der Waals surface area contributed by atoms with Gasteiger partial charge in [0.25, 0.3) is 0 Å². The van der Waals surface area contributed by atoms with E-state index in [1.165, 1.54) is 17.5 Å². The molecule has 1 aromatic carbocycles. The summed E-state index contributed by atoms with van der Waals surface area (Å²) in [6.07, 6.45) is 2.14. The maximum Gasteiger partial charge on any atom is 0.340 e. The van der Waals surface area contributed by atoms with Gasteiger partial charge in [0.1, 0.15) is 0 Å². The Morgan fingerprint density at radius 3 is 2.35 bits per heavy atom. The predicted molar refractivity (Wildman–Crippen MR) is 89.3 cm³/mol. The lowest BCUT2D eigenvalue weighted by atomic mass is 10.1. The van der Waals surface area contributed by atoms with E-state index < -0.39 is 16.0 Å². The van der Waals surface area contributed by atoms with Crippen LogP contribution in [0.5, 0.6) is 0 Å². The number of rotatable bonds is 6. The third-order valence-corrected chi connectivity index (χ3v) is 6.21. The molecule has 1 aliphatic heterocycles. The van der Waals surface area contributed by atoms with Gasteiger partial charge in [-0.25, -0.2) is 13.2 Å². The second-order valence-corrected chi connectivity index (χ2v) is 7.39. The number of hydrogen-bond acceptors (Lipinski definition) is 5. The molecule has 6 nitrogen and oxygen atoms in total. The molecule has 0 saturated carbocycles. The van der Waals surface area contributed by atoms with Gasteiger partial charge in [-0.15, -0.1) is 0 Å². The Hall–Kier alpha value is -1.60. The number of hydrogen-bond donors (Lipinski definition) is 0. The highest BCUT2D eigenvalue weighted by Gasteiger charge is 2.26. The van der Waals surface area contributed by atoms with Crippen LogP contribution in [-0.4, -0.2) is 52.0 Å². The molecule has 23 heavy (non-hydrogen) atoms. The zero-order valence-electron chi connectivity index (χ0n) is 13.9. The third kappa shape index (κ3) is 3.50. The van der Waals surface area contributed by atoms with Crippen molar-refractivity contribution in [3.63, 3.8) is 0 Å². The van der Waals surface area contributed by atoms with Gasteiger partial charge >= 0.3 is 5.97 Å². The van der Waals surface area contributed by atoms with E-state index in [9.17, 15) is 13.2 Å². The highest BCUT2D eigenvalue weighted by atomic mass is 32.2. The Balaban J connectivity index is 2.50. The number of carbonyl (C=O) groups excluding carboxylic acids is 1. The quantitative estimate of drug-likeness (QED) is 0.742. The van der Waals surface area contributed by atoms with Crippen LogP contribution in [0, 0.1) is 0 Å². The van der Waals surface area contributed by atoms with Gasteiger partial charge in [-0.05, 0) is 31.0 Å². The average Bonchev–Trinajstić information content (AvgIpc) is 3.08. The number of ether oxygens (including phenoxy) is 1. The van der Waals surface area contributed by atoms with Gasteiger partial charge in [0.05, 0.1) is 23.3 Å². The number of esters is 1. The molecule has 1 saturated heterocycles. The molecule has 7 heteroatoms. The fourth-order valence-corrected chi connectivity index (χ4v) is 4.38. The van der Waals surface area contributed by atoms with Crippen molar-refractivity contribution in [2.75, 3.05) is 38.2 Å². The van der Waals surface area contributed by atoms with Crippen LogP contribution < -0.4 is 4.90 Å². The smallest absolute Gasteiger partial charge is 0.340 e. The molecule has 128 valence electrons. The highest BCUT2D eigenvalue weighted by Crippen LogP contribution is 2.29. The first-order chi connectivity index (χ1) is 11.0. The summed E-state index contributed by atoms with van der Waals surface area (Å²) in [5, 5.41) is 0. The maximum atomic E-state index is 12.7. The van der Waals surface area contributed by atoms with Crippen molar-refractivity contribution in [1.82, 2.24) is 4.31 Å². The number of benzene rings is 1. The third-order valence-electron chi connectivity index (χ3n) is 4.16. The lowest BCUT2D eigenvalue weighted by Gasteiger charge is -2.23. The van der Waals surface area contributed by atoms with Crippen molar-refractivity contribution in [2.45, 2.75) is 31.6 Å². The molecule has 0 aromatic heterocycles. The Labute approximate surface area is 138 Å². The molecular formula is C16H24N2O4S. The Morgan fingerprint density at radius 1 is 1.22 bits per heavy atom. The molecule has 0 radical (unpaired) electrons. The largest absolute Gasteiger partial charge is 0.465 e. The summed E-state index contributed by atoms with van der Waals surface area (Å²) in [7, 11) is -2.29. The fraction of sp³-hybridized carbons (Fsp3) is 0.562. The molecule has 0 amide bonds. The second-order valence-electron chi connectivity index (χ2n) is 5.45. The second kappa shape index (κ2) is 7.31. The first-order valence-electron chi connectivity index (χ1n) is 7.93. The molecule has 0 aliphatic carbocycles. The lowest BCUT2D eigenvalue weighted by molar-refractivity contribution is 0.0601. The molecule has 0 atom stereocenters. The van der Waals surface area contributed by atoms with E-state index >= 15 is 0 Å². The average molecular weight is 340 g/mol. The molecule has 2 rings (SSSR count). The molecule has 1 fully saturated rings. The summed E-state index contributed by atoms with van der Waals surface area (Å²) < 4.78 is 31.5. The fourth-order valence-electron chi connectivity index (χ4n) is 2.90. The molecule has 0 N–H and O–H groups in total. The van der Waals surface area contributed by atoms with E-state index in [1.807, 2.05) is 0 Å². The molecule has 0 bridgehead atoms. The summed E-state index contributed by atoms with van der Waals surface area (Å²) in [5.74, 6) is -0.511. The van der Waals surface area contributed by atoms with Gasteiger partial charge in [-0.2, -0.15) is 4.31 Å². The van der Waals surface area contributed by atoms with Crippen molar-refractivity contribution in [2.24, 2.45) is 0 Å². The van der Waals surface area contributed by atoms with Crippen LogP contribution in [0.4, 0.5) is 5.69 Å². The molecule has 1 aromatic rings. The van der Waals surface area contributed by atoms with Crippen molar-refractivity contribution < 1.29 is 17.9 Å². The van der Waals surface area contributed by atoms with Crippen molar-refractivity contribution >= 4 is 21.7 Å². The van der Waals surface area contributed by atoms with E-state index in [-0.39, 0.29) is 4.90 Å². The van der Waals surface area contributed by atoms with Gasteiger partial charge < -0.3 is 9.64 Å².